The lowest BCUT2D eigenvalue weighted by molar-refractivity contribution is 0.319. The predicted octanol–water partition coefficient (Wildman–Crippen LogP) is 4.50. The molecule has 0 spiro atoms. The molecule has 2 aromatic carbocycles. The maximum atomic E-state index is 8.38. The molecule has 2 heteroatoms. The molecule has 0 aliphatic heterocycles. The largest absolute Gasteiger partial charge is 0.411 e. The highest BCUT2D eigenvalue weighted by atomic mass is 16.4. The summed E-state index contributed by atoms with van der Waals surface area (Å²) in [4.78, 5) is 0. The smallest absolute Gasteiger partial charge is 0.0836 e. The second-order valence-electron chi connectivity index (χ2n) is 4.72. The average Bonchev–Trinajstić information content (AvgIpc) is 2.38. The van der Waals surface area contributed by atoms with Gasteiger partial charge in [-0.15, -0.1) is 0 Å². The molecule has 19 heavy (non-hydrogen) atoms. The van der Waals surface area contributed by atoms with Crippen LogP contribution in [0.1, 0.15) is 29.2 Å². The van der Waals surface area contributed by atoms with Crippen molar-refractivity contribution in [1.82, 2.24) is 0 Å². The van der Waals surface area contributed by atoms with Crippen molar-refractivity contribution in [2.45, 2.75) is 27.7 Å². The van der Waals surface area contributed by atoms with E-state index in [0.29, 0.717) is 5.71 Å². The van der Waals surface area contributed by atoms with E-state index in [2.05, 4.69) is 44.1 Å². The first-order valence-electron chi connectivity index (χ1n) is 6.32. The SMILES string of the molecule is CC(=NO)c1ccccc1.Cc1cc(C)cc(C)c1. The van der Waals surface area contributed by atoms with Gasteiger partial charge in [-0.1, -0.05) is 70.4 Å². The van der Waals surface area contributed by atoms with Crippen LogP contribution in [0.5, 0.6) is 0 Å². The lowest BCUT2D eigenvalue weighted by Gasteiger charge is -1.96. The van der Waals surface area contributed by atoms with Crippen LogP contribution in [0.15, 0.2) is 53.7 Å². The molecule has 0 saturated heterocycles. The molecule has 0 fully saturated rings. The molecule has 2 aromatic rings. The summed E-state index contributed by atoms with van der Waals surface area (Å²) in [6.07, 6.45) is 0. The highest BCUT2D eigenvalue weighted by Crippen LogP contribution is 2.06. The molecular weight excluding hydrogens is 234 g/mol. The van der Waals surface area contributed by atoms with Crippen LogP contribution < -0.4 is 0 Å². The van der Waals surface area contributed by atoms with E-state index in [1.807, 2.05) is 30.3 Å². The van der Waals surface area contributed by atoms with Crippen molar-refractivity contribution in [3.8, 4) is 0 Å². The van der Waals surface area contributed by atoms with Crippen LogP contribution in [-0.4, -0.2) is 10.9 Å². The van der Waals surface area contributed by atoms with Gasteiger partial charge in [0.15, 0.2) is 0 Å². The van der Waals surface area contributed by atoms with Crippen molar-refractivity contribution < 1.29 is 5.21 Å². The molecule has 0 radical (unpaired) electrons. The monoisotopic (exact) mass is 255 g/mol. The zero-order chi connectivity index (χ0) is 14.3. The van der Waals surface area contributed by atoms with E-state index in [9.17, 15) is 0 Å². The summed E-state index contributed by atoms with van der Waals surface area (Å²) in [6.45, 7) is 8.13. The van der Waals surface area contributed by atoms with Crippen LogP contribution in [-0.2, 0) is 0 Å². The van der Waals surface area contributed by atoms with E-state index in [1.54, 1.807) is 6.92 Å². The summed E-state index contributed by atoms with van der Waals surface area (Å²) >= 11 is 0. The summed E-state index contributed by atoms with van der Waals surface area (Å²) in [5, 5.41) is 11.5. The van der Waals surface area contributed by atoms with Gasteiger partial charge in [-0.2, -0.15) is 0 Å². The summed E-state index contributed by atoms with van der Waals surface area (Å²) in [5.41, 5.74) is 5.65. The van der Waals surface area contributed by atoms with Crippen LogP contribution in [0.4, 0.5) is 0 Å². The Balaban J connectivity index is 0.000000191. The number of nitrogens with zero attached hydrogens (tertiary/aromatic N) is 1. The first-order valence-corrected chi connectivity index (χ1v) is 6.32. The maximum absolute atomic E-state index is 8.38. The highest BCUT2D eigenvalue weighted by molar-refractivity contribution is 5.98. The Morgan fingerprint density at radius 3 is 1.63 bits per heavy atom. The molecule has 2 nitrogen and oxygen atoms in total. The summed E-state index contributed by atoms with van der Waals surface area (Å²) in [5.74, 6) is 0. The Kier molecular flexibility index (Phi) is 5.80. The minimum Gasteiger partial charge on any atom is -0.411 e. The van der Waals surface area contributed by atoms with E-state index < -0.39 is 0 Å². The number of hydrogen-bond donors (Lipinski definition) is 1. The summed E-state index contributed by atoms with van der Waals surface area (Å²) < 4.78 is 0. The molecule has 0 aliphatic carbocycles. The first kappa shape index (κ1) is 15.0. The number of benzene rings is 2. The van der Waals surface area contributed by atoms with Gasteiger partial charge in [0.2, 0.25) is 0 Å². The van der Waals surface area contributed by atoms with Gasteiger partial charge in [-0.3, -0.25) is 0 Å². The Hall–Kier alpha value is -2.09. The van der Waals surface area contributed by atoms with Crippen molar-refractivity contribution in [2.24, 2.45) is 5.16 Å². The van der Waals surface area contributed by atoms with Crippen LogP contribution in [0.2, 0.25) is 0 Å². The number of oxime groups is 1. The number of rotatable bonds is 1. The Bertz CT molecular complexity index is 494. The molecule has 2 rings (SSSR count). The Morgan fingerprint density at radius 1 is 0.842 bits per heavy atom. The van der Waals surface area contributed by atoms with Gasteiger partial charge in [-0.25, -0.2) is 0 Å². The summed E-state index contributed by atoms with van der Waals surface area (Å²) in [6, 6.07) is 16.1. The van der Waals surface area contributed by atoms with E-state index in [1.165, 1.54) is 16.7 Å². The fourth-order valence-corrected chi connectivity index (χ4v) is 1.94. The van der Waals surface area contributed by atoms with E-state index in [0.717, 1.165) is 5.56 Å². The fourth-order valence-electron chi connectivity index (χ4n) is 1.94. The molecule has 1 N–H and O–H groups in total. The number of hydrogen-bond acceptors (Lipinski definition) is 2. The van der Waals surface area contributed by atoms with Gasteiger partial charge in [0, 0.05) is 0 Å². The molecule has 0 saturated carbocycles. The molecule has 0 heterocycles. The van der Waals surface area contributed by atoms with Crippen molar-refractivity contribution in [3.05, 3.63) is 70.8 Å². The Labute approximate surface area is 115 Å². The molecule has 0 bridgehead atoms. The lowest BCUT2D eigenvalue weighted by Crippen LogP contribution is -1.92. The van der Waals surface area contributed by atoms with Gasteiger partial charge in [-0.05, 0) is 33.3 Å². The van der Waals surface area contributed by atoms with Gasteiger partial charge < -0.3 is 5.21 Å². The van der Waals surface area contributed by atoms with Crippen molar-refractivity contribution in [2.75, 3.05) is 0 Å². The van der Waals surface area contributed by atoms with Crippen LogP contribution in [0.3, 0.4) is 0 Å². The van der Waals surface area contributed by atoms with E-state index in [-0.39, 0.29) is 0 Å². The number of aryl methyl sites for hydroxylation is 3. The summed E-state index contributed by atoms with van der Waals surface area (Å²) in [7, 11) is 0. The van der Waals surface area contributed by atoms with Gasteiger partial charge in [0.1, 0.15) is 0 Å². The minimum absolute atomic E-state index is 0.639. The quantitative estimate of drug-likeness (QED) is 0.454. The maximum Gasteiger partial charge on any atom is 0.0836 e. The molecule has 0 unspecified atom stereocenters. The second kappa shape index (κ2) is 7.37. The minimum atomic E-state index is 0.639. The van der Waals surface area contributed by atoms with Gasteiger partial charge in [0.05, 0.1) is 5.71 Å². The third-order valence-corrected chi connectivity index (χ3v) is 2.71. The molecule has 0 aliphatic rings. The van der Waals surface area contributed by atoms with Crippen molar-refractivity contribution in [1.29, 1.82) is 0 Å². The van der Waals surface area contributed by atoms with E-state index >= 15 is 0 Å². The predicted molar refractivity (Wildman–Crippen MR) is 81.1 cm³/mol. The standard InChI is InChI=1S/C9H12.C8H9NO/c1-7-4-8(2)6-9(3)5-7;1-7(9-10)8-5-3-2-4-6-8/h4-6H,1-3H3;2-6,10H,1H3. The first-order chi connectivity index (χ1) is 9.02. The van der Waals surface area contributed by atoms with Crippen LogP contribution in [0, 0.1) is 20.8 Å². The molecule has 0 amide bonds. The van der Waals surface area contributed by atoms with Gasteiger partial charge in [0.25, 0.3) is 0 Å². The molecular formula is C17H21NO. The third kappa shape index (κ3) is 5.38. The van der Waals surface area contributed by atoms with Crippen LogP contribution >= 0.6 is 0 Å². The van der Waals surface area contributed by atoms with Gasteiger partial charge >= 0.3 is 0 Å². The fraction of sp³-hybridized carbons (Fsp3) is 0.235. The third-order valence-electron chi connectivity index (χ3n) is 2.71. The topological polar surface area (TPSA) is 32.6 Å². The van der Waals surface area contributed by atoms with Crippen molar-refractivity contribution >= 4 is 5.71 Å². The van der Waals surface area contributed by atoms with Crippen molar-refractivity contribution in [3.63, 3.8) is 0 Å². The Morgan fingerprint density at radius 2 is 1.26 bits per heavy atom. The second-order valence-corrected chi connectivity index (χ2v) is 4.72. The average molecular weight is 255 g/mol. The van der Waals surface area contributed by atoms with E-state index in [4.69, 9.17) is 5.21 Å². The zero-order valence-corrected chi connectivity index (χ0v) is 12.0. The highest BCUT2D eigenvalue weighted by Gasteiger charge is 1.92. The lowest BCUT2D eigenvalue weighted by atomic mass is 10.1. The molecule has 0 atom stereocenters. The molecule has 0 aromatic heterocycles. The zero-order valence-electron chi connectivity index (χ0n) is 12.0. The molecule has 100 valence electrons. The van der Waals surface area contributed by atoms with Crippen LogP contribution in [0.25, 0.3) is 0 Å². The normalized spacial score (nSPS) is 10.6.